The summed E-state index contributed by atoms with van der Waals surface area (Å²) in [6.45, 7) is 8.41. The fourth-order valence-electron chi connectivity index (χ4n) is 1.85. The molecule has 4 nitrogen and oxygen atoms in total. The van der Waals surface area contributed by atoms with E-state index in [2.05, 4.69) is 35.9 Å². The van der Waals surface area contributed by atoms with Crippen LogP contribution in [0.25, 0.3) is 0 Å². The third kappa shape index (κ3) is 5.33. The number of rotatable bonds is 7. The third-order valence-electron chi connectivity index (χ3n) is 3.03. The van der Waals surface area contributed by atoms with Gasteiger partial charge in [-0.05, 0) is 37.5 Å². The highest BCUT2D eigenvalue weighted by atomic mass is 32.1. The Balaban J connectivity index is 2.42. The molecule has 0 spiro atoms. The molecule has 0 aliphatic rings. The average molecular weight is 293 g/mol. The van der Waals surface area contributed by atoms with Crippen molar-refractivity contribution in [1.29, 1.82) is 0 Å². The minimum atomic E-state index is -0.0409. The molecule has 20 heavy (non-hydrogen) atoms. The normalized spacial score (nSPS) is 10.2. The van der Waals surface area contributed by atoms with Gasteiger partial charge in [-0.15, -0.1) is 11.3 Å². The lowest BCUT2D eigenvalue weighted by Gasteiger charge is -2.17. The lowest BCUT2D eigenvalue weighted by molar-refractivity contribution is 0.0955. The molecule has 0 aliphatic heterocycles. The average Bonchev–Trinajstić information content (AvgIpc) is 2.93. The van der Waals surface area contributed by atoms with Crippen molar-refractivity contribution in [3.63, 3.8) is 0 Å². The summed E-state index contributed by atoms with van der Waals surface area (Å²) in [4.78, 5) is 15.1. The first kappa shape index (κ1) is 16.7. The van der Waals surface area contributed by atoms with Gasteiger partial charge < -0.3 is 16.0 Å². The summed E-state index contributed by atoms with van der Waals surface area (Å²) in [5.41, 5.74) is 6.11. The highest BCUT2D eigenvalue weighted by Crippen LogP contribution is 2.15. The van der Waals surface area contributed by atoms with Gasteiger partial charge in [0.15, 0.2) is 0 Å². The molecule has 0 radical (unpaired) electrons. The van der Waals surface area contributed by atoms with E-state index in [1.807, 2.05) is 11.4 Å². The van der Waals surface area contributed by atoms with Crippen LogP contribution in [-0.4, -0.2) is 43.5 Å². The van der Waals surface area contributed by atoms with Gasteiger partial charge in [-0.2, -0.15) is 0 Å². The minimum absolute atomic E-state index is 0.0409. The highest BCUT2D eigenvalue weighted by molar-refractivity contribution is 7.12. The Labute approximate surface area is 125 Å². The van der Waals surface area contributed by atoms with Crippen molar-refractivity contribution in [2.24, 2.45) is 5.73 Å². The monoisotopic (exact) mass is 293 g/mol. The van der Waals surface area contributed by atoms with Crippen LogP contribution in [0, 0.1) is 11.8 Å². The van der Waals surface area contributed by atoms with E-state index in [-0.39, 0.29) is 5.91 Å². The maximum absolute atomic E-state index is 12.1. The summed E-state index contributed by atoms with van der Waals surface area (Å²) in [7, 11) is 0. The molecular formula is C15H23N3OS. The van der Waals surface area contributed by atoms with Crippen molar-refractivity contribution >= 4 is 17.2 Å². The quantitative estimate of drug-likeness (QED) is 0.592. The summed E-state index contributed by atoms with van der Waals surface area (Å²) < 4.78 is 0. The van der Waals surface area contributed by atoms with E-state index in [1.54, 1.807) is 0 Å². The zero-order valence-corrected chi connectivity index (χ0v) is 13.1. The van der Waals surface area contributed by atoms with E-state index in [1.165, 1.54) is 11.3 Å². The maximum atomic E-state index is 12.1. The molecule has 0 fully saturated rings. The topological polar surface area (TPSA) is 58.4 Å². The minimum Gasteiger partial charge on any atom is -0.351 e. The molecule has 0 bridgehead atoms. The van der Waals surface area contributed by atoms with Gasteiger partial charge in [-0.1, -0.05) is 25.7 Å². The Kier molecular flexibility index (Phi) is 7.97. The largest absolute Gasteiger partial charge is 0.351 e. The van der Waals surface area contributed by atoms with Crippen LogP contribution in [0.3, 0.4) is 0 Å². The van der Waals surface area contributed by atoms with Crippen molar-refractivity contribution in [1.82, 2.24) is 10.2 Å². The number of hydrogen-bond acceptors (Lipinski definition) is 4. The lowest BCUT2D eigenvalue weighted by Crippen LogP contribution is -2.29. The summed E-state index contributed by atoms with van der Waals surface area (Å²) in [6.07, 6.45) is 0.961. The molecule has 1 rings (SSSR count). The summed E-state index contributed by atoms with van der Waals surface area (Å²) in [6, 6.07) is 1.86. The third-order valence-corrected chi connectivity index (χ3v) is 3.94. The zero-order valence-electron chi connectivity index (χ0n) is 12.2. The van der Waals surface area contributed by atoms with Crippen LogP contribution in [0.4, 0.5) is 0 Å². The predicted octanol–water partition coefficient (Wildman–Crippen LogP) is 1.52. The van der Waals surface area contributed by atoms with E-state index in [0.717, 1.165) is 31.6 Å². The van der Waals surface area contributed by atoms with Crippen LogP contribution in [0.5, 0.6) is 0 Å². The number of nitrogens with one attached hydrogen (secondary N) is 1. The first-order valence-electron chi connectivity index (χ1n) is 6.99. The van der Waals surface area contributed by atoms with Gasteiger partial charge in [-0.3, -0.25) is 4.79 Å². The van der Waals surface area contributed by atoms with Crippen molar-refractivity contribution in [3.05, 3.63) is 21.9 Å². The molecule has 1 aromatic rings. The zero-order chi connectivity index (χ0) is 14.8. The Morgan fingerprint density at radius 1 is 1.45 bits per heavy atom. The SMILES string of the molecule is CCN(CC)CCCNC(=O)c1sccc1C#CCN. The molecule has 1 amide bonds. The van der Waals surface area contributed by atoms with Gasteiger partial charge in [0, 0.05) is 12.1 Å². The van der Waals surface area contributed by atoms with E-state index >= 15 is 0 Å². The fourth-order valence-corrected chi connectivity index (χ4v) is 2.62. The van der Waals surface area contributed by atoms with Crippen LogP contribution in [0.2, 0.25) is 0 Å². The number of amides is 1. The van der Waals surface area contributed by atoms with Gasteiger partial charge in [-0.25, -0.2) is 0 Å². The van der Waals surface area contributed by atoms with E-state index < -0.39 is 0 Å². The molecule has 110 valence electrons. The van der Waals surface area contributed by atoms with E-state index in [4.69, 9.17) is 5.73 Å². The van der Waals surface area contributed by atoms with Crippen molar-refractivity contribution in [2.75, 3.05) is 32.7 Å². The number of nitrogens with zero attached hydrogens (tertiary/aromatic N) is 1. The standard InChI is InChI=1S/C15H23N3OS/c1-3-18(4-2)11-6-10-17-15(19)14-13(7-5-9-16)8-12-20-14/h8,12H,3-4,6,9-11,16H2,1-2H3,(H,17,19). The Morgan fingerprint density at radius 3 is 2.85 bits per heavy atom. The molecule has 0 atom stereocenters. The molecule has 1 aromatic heterocycles. The molecular weight excluding hydrogens is 270 g/mol. The smallest absolute Gasteiger partial charge is 0.262 e. The van der Waals surface area contributed by atoms with Gasteiger partial charge >= 0.3 is 0 Å². The van der Waals surface area contributed by atoms with E-state index in [0.29, 0.717) is 18.0 Å². The maximum Gasteiger partial charge on any atom is 0.262 e. The number of nitrogens with two attached hydrogens (primary N) is 1. The van der Waals surface area contributed by atoms with Crippen LogP contribution in [0.15, 0.2) is 11.4 Å². The molecule has 0 unspecified atom stereocenters. The summed E-state index contributed by atoms with van der Waals surface area (Å²) in [5, 5.41) is 4.83. The van der Waals surface area contributed by atoms with Gasteiger partial charge in [0.05, 0.1) is 6.54 Å². The molecule has 0 saturated carbocycles. The number of hydrogen-bond donors (Lipinski definition) is 2. The van der Waals surface area contributed by atoms with Crippen LogP contribution >= 0.6 is 11.3 Å². The molecule has 0 aliphatic carbocycles. The second kappa shape index (κ2) is 9.54. The number of carbonyl (C=O) groups is 1. The molecule has 0 saturated heterocycles. The van der Waals surface area contributed by atoms with Crippen LogP contribution in [-0.2, 0) is 0 Å². The van der Waals surface area contributed by atoms with Crippen molar-refractivity contribution in [2.45, 2.75) is 20.3 Å². The van der Waals surface area contributed by atoms with Gasteiger partial charge in [0.25, 0.3) is 5.91 Å². The molecule has 1 heterocycles. The first-order chi connectivity index (χ1) is 9.72. The lowest BCUT2D eigenvalue weighted by atomic mass is 10.2. The summed E-state index contributed by atoms with van der Waals surface area (Å²) in [5.74, 6) is 5.67. The molecule has 3 N–H and O–H groups in total. The Morgan fingerprint density at radius 2 is 2.20 bits per heavy atom. The number of carbonyl (C=O) groups excluding carboxylic acids is 1. The number of thiophene rings is 1. The van der Waals surface area contributed by atoms with E-state index in [9.17, 15) is 4.79 Å². The summed E-state index contributed by atoms with van der Waals surface area (Å²) >= 11 is 1.42. The molecule has 5 heteroatoms. The van der Waals surface area contributed by atoms with Crippen LogP contribution in [0.1, 0.15) is 35.5 Å². The molecule has 0 aromatic carbocycles. The Hall–Kier alpha value is -1.35. The Bertz CT molecular complexity index is 469. The highest BCUT2D eigenvalue weighted by Gasteiger charge is 2.11. The first-order valence-corrected chi connectivity index (χ1v) is 7.87. The fraction of sp³-hybridized carbons (Fsp3) is 0.533. The van der Waals surface area contributed by atoms with Gasteiger partial charge in [0.1, 0.15) is 4.88 Å². The van der Waals surface area contributed by atoms with Crippen molar-refractivity contribution in [3.8, 4) is 11.8 Å². The van der Waals surface area contributed by atoms with Crippen molar-refractivity contribution < 1.29 is 4.79 Å². The van der Waals surface area contributed by atoms with Crippen LogP contribution < -0.4 is 11.1 Å². The predicted molar refractivity (Wildman–Crippen MR) is 85.0 cm³/mol. The second-order valence-electron chi connectivity index (χ2n) is 4.31. The van der Waals surface area contributed by atoms with Gasteiger partial charge in [0.2, 0.25) is 0 Å². The second-order valence-corrected chi connectivity index (χ2v) is 5.22.